The van der Waals surface area contributed by atoms with Crippen LogP contribution in [0.25, 0.3) is 0 Å². The summed E-state index contributed by atoms with van der Waals surface area (Å²) in [6, 6.07) is 7.17. The predicted octanol–water partition coefficient (Wildman–Crippen LogP) is 1.27. The van der Waals surface area contributed by atoms with Crippen molar-refractivity contribution in [1.82, 2.24) is 5.32 Å². The highest BCUT2D eigenvalue weighted by atomic mass is 32.2. The van der Waals surface area contributed by atoms with Gasteiger partial charge in [0.05, 0.1) is 11.4 Å². The second kappa shape index (κ2) is 5.66. The molecule has 0 bridgehead atoms. The molecule has 2 rings (SSSR count). The molecule has 1 aliphatic rings. The Labute approximate surface area is 119 Å². The van der Waals surface area contributed by atoms with E-state index in [0.717, 1.165) is 5.56 Å². The van der Waals surface area contributed by atoms with Crippen LogP contribution in [0.2, 0.25) is 0 Å². The van der Waals surface area contributed by atoms with Gasteiger partial charge in [-0.15, -0.1) is 0 Å². The van der Waals surface area contributed by atoms with Crippen LogP contribution in [0.4, 0.5) is 5.69 Å². The number of carbonyl (C=O) groups is 1. The normalized spacial score (nSPS) is 20.6. The number of nitrogens with one attached hydrogen (secondary N) is 1. The quantitative estimate of drug-likeness (QED) is 0.851. The third-order valence-electron chi connectivity index (χ3n) is 3.18. The molecule has 5 nitrogen and oxygen atoms in total. The van der Waals surface area contributed by atoms with Crippen LogP contribution in [0.3, 0.4) is 0 Å². The number of rotatable bonds is 4. The summed E-state index contributed by atoms with van der Waals surface area (Å²) in [5.41, 5.74) is 1.58. The highest BCUT2D eigenvalue weighted by molar-refractivity contribution is 7.93. The lowest BCUT2D eigenvalue weighted by Crippen LogP contribution is -2.25. The fraction of sp³-hybridized carbons (Fsp3) is 0.357. The van der Waals surface area contributed by atoms with Gasteiger partial charge in [-0.2, -0.15) is 0 Å². The summed E-state index contributed by atoms with van der Waals surface area (Å²) < 4.78 is 25.4. The molecule has 1 amide bonds. The number of carbonyl (C=O) groups excluding carboxylic acids is 1. The maximum Gasteiger partial charge on any atom is 0.243 e. The number of amides is 1. The summed E-state index contributed by atoms with van der Waals surface area (Å²) in [7, 11) is -3.18. The van der Waals surface area contributed by atoms with Crippen LogP contribution >= 0.6 is 0 Å². The first kappa shape index (κ1) is 14.6. The summed E-state index contributed by atoms with van der Waals surface area (Å²) in [6.07, 6.45) is 1.21. The lowest BCUT2D eigenvalue weighted by molar-refractivity contribution is -0.116. The zero-order chi connectivity index (χ0) is 14.8. The Morgan fingerprint density at radius 2 is 2.10 bits per heavy atom. The van der Waals surface area contributed by atoms with E-state index < -0.39 is 10.0 Å². The van der Waals surface area contributed by atoms with Crippen LogP contribution in [-0.4, -0.2) is 26.6 Å². The summed E-state index contributed by atoms with van der Waals surface area (Å²) in [6.45, 7) is 6.22. The minimum atomic E-state index is -3.18. The van der Waals surface area contributed by atoms with E-state index >= 15 is 0 Å². The monoisotopic (exact) mass is 294 g/mol. The zero-order valence-electron chi connectivity index (χ0n) is 11.4. The molecule has 1 aromatic carbocycles. The number of nitrogens with zero attached hydrogens (tertiary/aromatic N) is 1. The molecule has 0 radical (unpaired) electrons. The first-order valence-electron chi connectivity index (χ1n) is 6.42. The van der Waals surface area contributed by atoms with Gasteiger partial charge in [0, 0.05) is 13.1 Å². The summed E-state index contributed by atoms with van der Waals surface area (Å²) in [4.78, 5) is 11.1. The third-order valence-corrected chi connectivity index (χ3v) is 5.21. The highest BCUT2D eigenvalue weighted by Gasteiger charge is 2.33. The van der Waals surface area contributed by atoms with Gasteiger partial charge in [-0.25, -0.2) is 8.42 Å². The van der Waals surface area contributed by atoms with Gasteiger partial charge < -0.3 is 5.32 Å². The van der Waals surface area contributed by atoms with Crippen molar-refractivity contribution in [3.05, 3.63) is 42.5 Å². The van der Waals surface area contributed by atoms with Gasteiger partial charge >= 0.3 is 0 Å². The van der Waals surface area contributed by atoms with E-state index in [2.05, 4.69) is 11.9 Å². The molecule has 1 N–H and O–H groups in total. The van der Waals surface area contributed by atoms with Crippen molar-refractivity contribution >= 4 is 21.6 Å². The standard InChI is InChI=1S/C14H18N2O3S/c1-3-14(17)15-8-12-4-6-13(7-5-12)16-9-11(2)10-20(16,18)19/h3-7,11H,1,8-10H2,2H3,(H,15,17). The number of anilines is 1. The van der Waals surface area contributed by atoms with Crippen LogP contribution in [0.15, 0.2) is 36.9 Å². The van der Waals surface area contributed by atoms with Gasteiger partial charge in [0.1, 0.15) is 0 Å². The van der Waals surface area contributed by atoms with Gasteiger partial charge in [0.2, 0.25) is 15.9 Å². The SMILES string of the molecule is C=CC(=O)NCc1ccc(N2CC(C)CS2(=O)=O)cc1. The van der Waals surface area contributed by atoms with E-state index in [0.29, 0.717) is 18.8 Å². The maximum absolute atomic E-state index is 12.0. The second-order valence-electron chi connectivity index (χ2n) is 5.00. The average molecular weight is 294 g/mol. The molecule has 1 saturated heterocycles. The first-order valence-corrected chi connectivity index (χ1v) is 8.03. The Balaban J connectivity index is 2.09. The van der Waals surface area contributed by atoms with Crippen molar-refractivity contribution in [3.63, 3.8) is 0 Å². The summed E-state index contributed by atoms with van der Waals surface area (Å²) >= 11 is 0. The van der Waals surface area contributed by atoms with Gasteiger partial charge in [-0.3, -0.25) is 9.10 Å². The van der Waals surface area contributed by atoms with Crippen LogP contribution < -0.4 is 9.62 Å². The zero-order valence-corrected chi connectivity index (χ0v) is 12.2. The molecule has 0 aromatic heterocycles. The van der Waals surface area contributed by atoms with E-state index in [1.807, 2.05) is 19.1 Å². The van der Waals surface area contributed by atoms with Crippen molar-refractivity contribution in [2.45, 2.75) is 13.5 Å². The maximum atomic E-state index is 12.0. The predicted molar refractivity (Wildman–Crippen MR) is 78.8 cm³/mol. The summed E-state index contributed by atoms with van der Waals surface area (Å²) in [5, 5.41) is 2.67. The fourth-order valence-electron chi connectivity index (χ4n) is 2.21. The fourth-order valence-corrected chi connectivity index (χ4v) is 4.14. The Morgan fingerprint density at radius 3 is 2.60 bits per heavy atom. The molecule has 1 fully saturated rings. The minimum Gasteiger partial charge on any atom is -0.348 e. The number of sulfonamides is 1. The smallest absolute Gasteiger partial charge is 0.243 e. The molecule has 1 atom stereocenters. The summed E-state index contributed by atoms with van der Waals surface area (Å²) in [5.74, 6) is 0.112. The molecule has 1 aliphatic heterocycles. The molecule has 0 aliphatic carbocycles. The molecule has 0 saturated carbocycles. The van der Waals surface area contributed by atoms with Crippen molar-refractivity contribution in [2.75, 3.05) is 16.6 Å². The molecule has 20 heavy (non-hydrogen) atoms. The van der Waals surface area contributed by atoms with E-state index in [1.54, 1.807) is 12.1 Å². The molecule has 1 unspecified atom stereocenters. The molecule has 1 aromatic rings. The molecule has 108 valence electrons. The van der Waals surface area contributed by atoms with E-state index in [1.165, 1.54) is 10.4 Å². The van der Waals surface area contributed by atoms with Gasteiger partial charge in [-0.05, 0) is 29.7 Å². The van der Waals surface area contributed by atoms with Crippen LogP contribution in [0.5, 0.6) is 0 Å². The molecule has 1 heterocycles. The van der Waals surface area contributed by atoms with Crippen molar-refractivity contribution < 1.29 is 13.2 Å². The van der Waals surface area contributed by atoms with E-state index in [-0.39, 0.29) is 17.6 Å². The highest BCUT2D eigenvalue weighted by Crippen LogP contribution is 2.26. The number of benzene rings is 1. The largest absolute Gasteiger partial charge is 0.348 e. The van der Waals surface area contributed by atoms with E-state index in [4.69, 9.17) is 0 Å². The third kappa shape index (κ3) is 3.19. The molecular weight excluding hydrogens is 276 g/mol. The van der Waals surface area contributed by atoms with Crippen LogP contribution in [0.1, 0.15) is 12.5 Å². The first-order chi connectivity index (χ1) is 9.42. The van der Waals surface area contributed by atoms with Crippen molar-refractivity contribution in [1.29, 1.82) is 0 Å². The number of hydrogen-bond acceptors (Lipinski definition) is 3. The average Bonchev–Trinajstić information content (AvgIpc) is 2.69. The lowest BCUT2D eigenvalue weighted by Gasteiger charge is -2.17. The van der Waals surface area contributed by atoms with Crippen molar-refractivity contribution in [2.24, 2.45) is 5.92 Å². The van der Waals surface area contributed by atoms with Gasteiger partial charge in [-0.1, -0.05) is 25.6 Å². The van der Waals surface area contributed by atoms with E-state index in [9.17, 15) is 13.2 Å². The Kier molecular flexibility index (Phi) is 4.13. The van der Waals surface area contributed by atoms with Gasteiger partial charge in [0.15, 0.2) is 0 Å². The molecular formula is C14H18N2O3S. The molecule has 6 heteroatoms. The van der Waals surface area contributed by atoms with Crippen LogP contribution in [0, 0.1) is 5.92 Å². The van der Waals surface area contributed by atoms with Crippen LogP contribution in [-0.2, 0) is 21.4 Å². The Bertz CT molecular complexity index is 608. The van der Waals surface area contributed by atoms with Gasteiger partial charge in [0.25, 0.3) is 0 Å². The Morgan fingerprint density at radius 1 is 1.45 bits per heavy atom. The Hall–Kier alpha value is -1.82. The minimum absolute atomic E-state index is 0.145. The second-order valence-corrected chi connectivity index (χ2v) is 6.94. The topological polar surface area (TPSA) is 66.5 Å². The molecule has 0 spiro atoms. The number of hydrogen-bond donors (Lipinski definition) is 1. The lowest BCUT2D eigenvalue weighted by atomic mass is 10.2. The van der Waals surface area contributed by atoms with Crippen molar-refractivity contribution in [3.8, 4) is 0 Å².